The molecule has 4 nitrogen and oxygen atoms in total. The van der Waals surface area contributed by atoms with E-state index in [1.54, 1.807) is 18.2 Å². The van der Waals surface area contributed by atoms with Gasteiger partial charge in [-0.1, -0.05) is 24.3 Å². The lowest BCUT2D eigenvalue weighted by Crippen LogP contribution is -2.14. The summed E-state index contributed by atoms with van der Waals surface area (Å²) in [6.45, 7) is 0.753. The van der Waals surface area contributed by atoms with E-state index in [4.69, 9.17) is 5.11 Å². The first-order valence-electron chi connectivity index (χ1n) is 6.83. The van der Waals surface area contributed by atoms with Crippen molar-refractivity contribution in [3.63, 3.8) is 0 Å². The number of carbonyl (C=O) groups excluding carboxylic acids is 1. The summed E-state index contributed by atoms with van der Waals surface area (Å²) in [6, 6.07) is 14.8. The van der Waals surface area contributed by atoms with Crippen molar-refractivity contribution >= 4 is 11.6 Å². The van der Waals surface area contributed by atoms with Gasteiger partial charge >= 0.3 is 0 Å². The lowest BCUT2D eigenvalue weighted by atomic mass is 10.1. The molecular weight excluding hydrogens is 264 g/mol. The Bertz CT molecular complexity index is 624. The monoisotopic (exact) mass is 284 g/mol. The molecule has 21 heavy (non-hydrogen) atoms. The molecule has 110 valence electrons. The summed E-state index contributed by atoms with van der Waals surface area (Å²) in [5, 5.41) is 12.0. The van der Waals surface area contributed by atoms with Gasteiger partial charge in [0.05, 0.1) is 6.61 Å². The zero-order valence-electron chi connectivity index (χ0n) is 12.3. The summed E-state index contributed by atoms with van der Waals surface area (Å²) < 4.78 is 0. The highest BCUT2D eigenvalue weighted by molar-refractivity contribution is 6.04. The number of nitrogens with zero attached hydrogens (tertiary/aromatic N) is 1. The second-order valence-electron chi connectivity index (χ2n) is 5.25. The predicted molar refractivity (Wildman–Crippen MR) is 84.2 cm³/mol. The van der Waals surface area contributed by atoms with Crippen molar-refractivity contribution < 1.29 is 9.90 Å². The van der Waals surface area contributed by atoms with Gasteiger partial charge in [0.2, 0.25) is 0 Å². The molecule has 4 heteroatoms. The molecule has 2 aromatic rings. The second-order valence-corrected chi connectivity index (χ2v) is 5.25. The van der Waals surface area contributed by atoms with Crippen molar-refractivity contribution in [2.45, 2.75) is 13.2 Å². The van der Waals surface area contributed by atoms with Crippen LogP contribution in [0, 0.1) is 0 Å². The number of aliphatic hydroxyl groups is 1. The van der Waals surface area contributed by atoms with E-state index in [1.165, 1.54) is 0 Å². The highest BCUT2D eigenvalue weighted by Crippen LogP contribution is 2.13. The number of aliphatic hydroxyl groups excluding tert-OH is 1. The number of benzene rings is 2. The summed E-state index contributed by atoms with van der Waals surface area (Å²) in [5.41, 5.74) is 3.18. The Morgan fingerprint density at radius 3 is 2.52 bits per heavy atom. The average molecular weight is 284 g/mol. The van der Waals surface area contributed by atoms with Crippen LogP contribution in [0.5, 0.6) is 0 Å². The molecule has 1 amide bonds. The van der Waals surface area contributed by atoms with Gasteiger partial charge < -0.3 is 15.3 Å². The van der Waals surface area contributed by atoms with Crippen molar-refractivity contribution in [2.75, 3.05) is 19.4 Å². The third kappa shape index (κ3) is 4.41. The van der Waals surface area contributed by atoms with Gasteiger partial charge in [-0.15, -0.1) is 0 Å². The normalized spacial score (nSPS) is 10.7. The fourth-order valence-electron chi connectivity index (χ4n) is 2.13. The Hall–Kier alpha value is -2.17. The number of rotatable bonds is 5. The molecule has 0 spiro atoms. The smallest absolute Gasteiger partial charge is 0.255 e. The molecule has 0 radical (unpaired) electrons. The largest absolute Gasteiger partial charge is 0.392 e. The van der Waals surface area contributed by atoms with E-state index in [0.29, 0.717) is 11.3 Å². The molecule has 0 aliphatic heterocycles. The topological polar surface area (TPSA) is 52.6 Å². The van der Waals surface area contributed by atoms with E-state index in [0.717, 1.165) is 17.7 Å². The van der Waals surface area contributed by atoms with Crippen LogP contribution in [0.1, 0.15) is 21.5 Å². The summed E-state index contributed by atoms with van der Waals surface area (Å²) in [5.74, 6) is -0.148. The highest BCUT2D eigenvalue weighted by atomic mass is 16.3. The van der Waals surface area contributed by atoms with Gasteiger partial charge in [0.15, 0.2) is 0 Å². The van der Waals surface area contributed by atoms with E-state index < -0.39 is 0 Å². The van der Waals surface area contributed by atoms with Crippen LogP contribution < -0.4 is 5.32 Å². The molecule has 0 unspecified atom stereocenters. The van der Waals surface area contributed by atoms with Crippen molar-refractivity contribution in [3.8, 4) is 0 Å². The molecule has 0 atom stereocenters. The predicted octanol–water partition coefficient (Wildman–Crippen LogP) is 2.49. The van der Waals surface area contributed by atoms with Gasteiger partial charge in [0.1, 0.15) is 0 Å². The van der Waals surface area contributed by atoms with Crippen LogP contribution in [0.3, 0.4) is 0 Å². The number of amides is 1. The fourth-order valence-corrected chi connectivity index (χ4v) is 2.13. The maximum atomic E-state index is 12.3. The van der Waals surface area contributed by atoms with Crippen LogP contribution in [-0.2, 0) is 13.2 Å². The van der Waals surface area contributed by atoms with Crippen LogP contribution in [0.25, 0.3) is 0 Å². The first-order valence-corrected chi connectivity index (χ1v) is 6.83. The molecule has 0 saturated carbocycles. The quantitative estimate of drug-likeness (QED) is 0.887. The molecule has 0 heterocycles. The van der Waals surface area contributed by atoms with Crippen molar-refractivity contribution in [1.29, 1.82) is 0 Å². The summed E-state index contributed by atoms with van der Waals surface area (Å²) in [7, 11) is 3.99. The molecule has 0 aliphatic rings. The molecule has 2 aromatic carbocycles. The van der Waals surface area contributed by atoms with E-state index in [-0.39, 0.29) is 12.5 Å². The van der Waals surface area contributed by atoms with Crippen LogP contribution in [-0.4, -0.2) is 30.0 Å². The van der Waals surface area contributed by atoms with Gasteiger partial charge in [-0.25, -0.2) is 0 Å². The molecule has 0 saturated heterocycles. The molecule has 0 fully saturated rings. The Morgan fingerprint density at radius 1 is 1.10 bits per heavy atom. The second kappa shape index (κ2) is 7.02. The Balaban J connectivity index is 2.12. The fraction of sp³-hybridized carbons (Fsp3) is 0.235. The number of nitrogens with one attached hydrogen (secondary N) is 1. The SMILES string of the molecule is CN(C)Cc1cccc(C(=O)Nc2cccc(CO)c2)c1. The van der Waals surface area contributed by atoms with Crippen molar-refractivity contribution in [3.05, 3.63) is 65.2 Å². The first kappa shape index (κ1) is 15.2. The number of hydrogen-bond acceptors (Lipinski definition) is 3. The van der Waals surface area contributed by atoms with Crippen molar-refractivity contribution in [2.24, 2.45) is 0 Å². The van der Waals surface area contributed by atoms with E-state index in [9.17, 15) is 4.79 Å². The lowest BCUT2D eigenvalue weighted by molar-refractivity contribution is 0.102. The van der Waals surface area contributed by atoms with Crippen LogP contribution in [0.15, 0.2) is 48.5 Å². The third-order valence-corrected chi connectivity index (χ3v) is 3.06. The number of carbonyl (C=O) groups is 1. The Kier molecular flexibility index (Phi) is 5.09. The minimum absolute atomic E-state index is 0.0397. The average Bonchev–Trinajstić information content (AvgIpc) is 2.47. The maximum absolute atomic E-state index is 12.3. The Labute approximate surface area is 125 Å². The van der Waals surface area contributed by atoms with Gasteiger partial charge in [-0.2, -0.15) is 0 Å². The van der Waals surface area contributed by atoms with Gasteiger partial charge in [-0.05, 0) is 49.5 Å². The molecule has 2 rings (SSSR count). The molecule has 0 aromatic heterocycles. The molecule has 0 bridgehead atoms. The minimum atomic E-state index is -0.148. The van der Waals surface area contributed by atoms with E-state index in [2.05, 4.69) is 10.2 Å². The standard InChI is InChI=1S/C17H20N2O2/c1-19(2)11-13-5-3-7-15(9-13)17(21)18-16-8-4-6-14(10-16)12-20/h3-10,20H,11-12H2,1-2H3,(H,18,21). The third-order valence-electron chi connectivity index (χ3n) is 3.06. The van der Waals surface area contributed by atoms with Crippen LogP contribution in [0.2, 0.25) is 0 Å². The first-order chi connectivity index (χ1) is 10.1. The zero-order valence-corrected chi connectivity index (χ0v) is 12.3. The molecule has 2 N–H and O–H groups in total. The van der Waals surface area contributed by atoms with Gasteiger partial charge in [0.25, 0.3) is 5.91 Å². The van der Waals surface area contributed by atoms with E-state index in [1.807, 2.05) is 44.4 Å². The van der Waals surface area contributed by atoms with Crippen LogP contribution >= 0.6 is 0 Å². The van der Waals surface area contributed by atoms with Crippen LogP contribution in [0.4, 0.5) is 5.69 Å². The van der Waals surface area contributed by atoms with Crippen molar-refractivity contribution in [1.82, 2.24) is 4.90 Å². The molecule has 0 aliphatic carbocycles. The number of hydrogen-bond donors (Lipinski definition) is 2. The summed E-state index contributed by atoms with van der Waals surface area (Å²) >= 11 is 0. The maximum Gasteiger partial charge on any atom is 0.255 e. The summed E-state index contributed by atoms with van der Waals surface area (Å²) in [4.78, 5) is 14.3. The zero-order chi connectivity index (χ0) is 15.2. The summed E-state index contributed by atoms with van der Waals surface area (Å²) in [6.07, 6.45) is 0. The van der Waals surface area contributed by atoms with Gasteiger partial charge in [0, 0.05) is 17.8 Å². The Morgan fingerprint density at radius 2 is 1.81 bits per heavy atom. The van der Waals surface area contributed by atoms with E-state index >= 15 is 0 Å². The lowest BCUT2D eigenvalue weighted by Gasteiger charge is -2.11. The number of anilines is 1. The van der Waals surface area contributed by atoms with Gasteiger partial charge in [-0.3, -0.25) is 4.79 Å². The minimum Gasteiger partial charge on any atom is -0.392 e. The molecular formula is C17H20N2O2. The highest BCUT2D eigenvalue weighted by Gasteiger charge is 2.07.